The van der Waals surface area contributed by atoms with E-state index in [1.807, 2.05) is 18.2 Å². The summed E-state index contributed by atoms with van der Waals surface area (Å²) in [6.45, 7) is 5.89. The lowest BCUT2D eigenvalue weighted by molar-refractivity contribution is 0.102. The zero-order valence-corrected chi connectivity index (χ0v) is 11.5. The minimum absolute atomic E-state index is 0.172. The van der Waals surface area contributed by atoms with Crippen LogP contribution in [-0.4, -0.2) is 11.1 Å². The molecule has 0 radical (unpaired) electrons. The Labute approximate surface area is 112 Å². The molecule has 4 nitrogen and oxygen atoms in total. The quantitative estimate of drug-likeness (QED) is 0.914. The average Bonchev–Trinajstić information content (AvgIpc) is 2.85. The standard InChI is InChI=1S/C15H18N2O2/c1-4-11-7-6-8-12(5-2)14(11)17-15(18)13-9-16-19-10(13)3/h6-9H,4-5H2,1-3H3,(H,17,18). The van der Waals surface area contributed by atoms with Gasteiger partial charge in [0.2, 0.25) is 0 Å². The molecule has 2 aromatic rings. The van der Waals surface area contributed by atoms with E-state index in [0.29, 0.717) is 11.3 Å². The van der Waals surface area contributed by atoms with Gasteiger partial charge in [-0.25, -0.2) is 0 Å². The van der Waals surface area contributed by atoms with Gasteiger partial charge in [0.1, 0.15) is 11.3 Å². The second-order valence-electron chi connectivity index (χ2n) is 4.41. The number of aromatic nitrogens is 1. The number of hydrogen-bond acceptors (Lipinski definition) is 3. The second-order valence-corrected chi connectivity index (χ2v) is 4.41. The van der Waals surface area contributed by atoms with E-state index in [1.165, 1.54) is 6.20 Å². The molecule has 0 spiro atoms. The number of anilines is 1. The SMILES string of the molecule is CCc1cccc(CC)c1NC(=O)c1cnoc1C. The van der Waals surface area contributed by atoms with Crippen molar-refractivity contribution in [2.75, 3.05) is 5.32 Å². The summed E-state index contributed by atoms with van der Waals surface area (Å²) in [4.78, 5) is 12.2. The first-order valence-electron chi connectivity index (χ1n) is 6.50. The molecule has 0 saturated heterocycles. The molecule has 1 aromatic heterocycles. The molecule has 0 unspecified atom stereocenters. The Kier molecular flexibility index (Phi) is 4.00. The van der Waals surface area contributed by atoms with Crippen LogP contribution in [0.5, 0.6) is 0 Å². The molecule has 0 fully saturated rings. The Bertz CT molecular complexity index is 565. The summed E-state index contributed by atoms with van der Waals surface area (Å²) in [7, 11) is 0. The van der Waals surface area contributed by atoms with E-state index in [-0.39, 0.29) is 5.91 Å². The summed E-state index contributed by atoms with van der Waals surface area (Å²) in [6.07, 6.45) is 3.21. The van der Waals surface area contributed by atoms with Crippen molar-refractivity contribution in [2.24, 2.45) is 0 Å². The van der Waals surface area contributed by atoms with Gasteiger partial charge in [-0.15, -0.1) is 0 Å². The Morgan fingerprint density at radius 3 is 2.37 bits per heavy atom. The normalized spacial score (nSPS) is 10.5. The third-order valence-corrected chi connectivity index (χ3v) is 3.23. The van der Waals surface area contributed by atoms with E-state index in [0.717, 1.165) is 29.7 Å². The highest BCUT2D eigenvalue weighted by atomic mass is 16.5. The third kappa shape index (κ3) is 2.67. The van der Waals surface area contributed by atoms with Crippen molar-refractivity contribution in [3.05, 3.63) is 46.8 Å². The zero-order valence-electron chi connectivity index (χ0n) is 11.5. The van der Waals surface area contributed by atoms with Crippen LogP contribution in [-0.2, 0) is 12.8 Å². The van der Waals surface area contributed by atoms with E-state index in [2.05, 4.69) is 24.3 Å². The highest BCUT2D eigenvalue weighted by Crippen LogP contribution is 2.23. The molecule has 1 N–H and O–H groups in total. The molecule has 2 rings (SSSR count). The topological polar surface area (TPSA) is 55.1 Å². The van der Waals surface area contributed by atoms with Crippen molar-refractivity contribution in [1.82, 2.24) is 5.16 Å². The fourth-order valence-electron chi connectivity index (χ4n) is 2.10. The number of rotatable bonds is 4. The monoisotopic (exact) mass is 258 g/mol. The van der Waals surface area contributed by atoms with Crippen molar-refractivity contribution in [1.29, 1.82) is 0 Å². The Balaban J connectivity index is 2.33. The molecule has 1 amide bonds. The molecular weight excluding hydrogens is 240 g/mol. The van der Waals surface area contributed by atoms with Gasteiger partial charge in [0.25, 0.3) is 5.91 Å². The van der Waals surface area contributed by atoms with Gasteiger partial charge >= 0.3 is 0 Å². The number of para-hydroxylation sites is 1. The predicted molar refractivity (Wildman–Crippen MR) is 74.4 cm³/mol. The molecule has 0 bridgehead atoms. The van der Waals surface area contributed by atoms with E-state index in [1.54, 1.807) is 6.92 Å². The van der Waals surface area contributed by atoms with Crippen LogP contribution in [0.1, 0.15) is 41.1 Å². The van der Waals surface area contributed by atoms with Crippen LogP contribution in [0, 0.1) is 6.92 Å². The minimum Gasteiger partial charge on any atom is -0.361 e. The van der Waals surface area contributed by atoms with Crippen LogP contribution < -0.4 is 5.32 Å². The molecule has 4 heteroatoms. The third-order valence-electron chi connectivity index (χ3n) is 3.23. The van der Waals surface area contributed by atoms with Crippen LogP contribution >= 0.6 is 0 Å². The van der Waals surface area contributed by atoms with Gasteiger partial charge in [0.15, 0.2) is 0 Å². The van der Waals surface area contributed by atoms with E-state index in [9.17, 15) is 4.79 Å². The smallest absolute Gasteiger partial charge is 0.260 e. The first-order valence-corrected chi connectivity index (χ1v) is 6.50. The number of nitrogens with one attached hydrogen (secondary N) is 1. The molecule has 19 heavy (non-hydrogen) atoms. The maximum absolute atomic E-state index is 12.2. The van der Waals surface area contributed by atoms with Crippen LogP contribution in [0.25, 0.3) is 0 Å². The number of nitrogens with zero attached hydrogens (tertiary/aromatic N) is 1. The van der Waals surface area contributed by atoms with Crippen LogP contribution in [0.4, 0.5) is 5.69 Å². The van der Waals surface area contributed by atoms with Crippen LogP contribution in [0.2, 0.25) is 0 Å². The van der Waals surface area contributed by atoms with Crippen molar-refractivity contribution < 1.29 is 9.32 Å². The number of amides is 1. The lowest BCUT2D eigenvalue weighted by Crippen LogP contribution is -2.15. The molecule has 100 valence electrons. The van der Waals surface area contributed by atoms with Crippen LogP contribution in [0.3, 0.4) is 0 Å². The number of aryl methyl sites for hydroxylation is 3. The summed E-state index contributed by atoms with van der Waals surface area (Å²) in [5.74, 6) is 0.360. The van der Waals surface area contributed by atoms with Crippen molar-refractivity contribution in [2.45, 2.75) is 33.6 Å². The summed E-state index contributed by atoms with van der Waals surface area (Å²) in [5, 5.41) is 6.62. The highest BCUT2D eigenvalue weighted by molar-refractivity contribution is 6.05. The molecular formula is C15H18N2O2. The number of benzene rings is 1. The minimum atomic E-state index is -0.172. The maximum Gasteiger partial charge on any atom is 0.260 e. The fraction of sp³-hybridized carbons (Fsp3) is 0.333. The summed E-state index contributed by atoms with van der Waals surface area (Å²) < 4.78 is 4.93. The number of carbonyl (C=O) groups excluding carboxylic acids is 1. The second kappa shape index (κ2) is 5.69. The molecule has 0 atom stereocenters. The van der Waals surface area contributed by atoms with Gasteiger partial charge in [-0.3, -0.25) is 4.79 Å². The lowest BCUT2D eigenvalue weighted by Gasteiger charge is -2.13. The van der Waals surface area contributed by atoms with Gasteiger partial charge in [-0.05, 0) is 30.9 Å². The molecule has 1 aromatic carbocycles. The summed E-state index contributed by atoms with van der Waals surface area (Å²) in [5.41, 5.74) is 3.68. The first kappa shape index (κ1) is 13.3. The summed E-state index contributed by atoms with van der Waals surface area (Å²) in [6, 6.07) is 6.10. The predicted octanol–water partition coefficient (Wildman–Crippen LogP) is 3.36. The molecule has 0 aliphatic carbocycles. The largest absolute Gasteiger partial charge is 0.361 e. The van der Waals surface area contributed by atoms with Crippen molar-refractivity contribution in [3.63, 3.8) is 0 Å². The fourth-order valence-corrected chi connectivity index (χ4v) is 2.10. The molecule has 0 saturated carbocycles. The lowest BCUT2D eigenvalue weighted by atomic mass is 10.0. The van der Waals surface area contributed by atoms with E-state index >= 15 is 0 Å². The molecule has 0 aliphatic heterocycles. The number of carbonyl (C=O) groups is 1. The van der Waals surface area contributed by atoms with Crippen LogP contribution in [0.15, 0.2) is 28.9 Å². The van der Waals surface area contributed by atoms with Gasteiger partial charge in [0, 0.05) is 5.69 Å². The Morgan fingerprint density at radius 2 is 1.89 bits per heavy atom. The van der Waals surface area contributed by atoms with Crippen molar-refractivity contribution in [3.8, 4) is 0 Å². The zero-order chi connectivity index (χ0) is 13.8. The van der Waals surface area contributed by atoms with Crippen molar-refractivity contribution >= 4 is 11.6 Å². The van der Waals surface area contributed by atoms with Gasteiger partial charge in [-0.1, -0.05) is 37.2 Å². The Morgan fingerprint density at radius 1 is 1.26 bits per heavy atom. The van der Waals surface area contributed by atoms with Gasteiger partial charge < -0.3 is 9.84 Å². The maximum atomic E-state index is 12.2. The van der Waals surface area contributed by atoms with E-state index in [4.69, 9.17) is 4.52 Å². The van der Waals surface area contributed by atoms with Gasteiger partial charge in [-0.2, -0.15) is 0 Å². The Hall–Kier alpha value is -2.10. The molecule has 1 heterocycles. The first-order chi connectivity index (χ1) is 9.17. The van der Waals surface area contributed by atoms with E-state index < -0.39 is 0 Å². The summed E-state index contributed by atoms with van der Waals surface area (Å²) >= 11 is 0. The highest BCUT2D eigenvalue weighted by Gasteiger charge is 2.15. The molecule has 0 aliphatic rings. The average molecular weight is 258 g/mol. The number of hydrogen-bond donors (Lipinski definition) is 1. The van der Waals surface area contributed by atoms with Gasteiger partial charge in [0.05, 0.1) is 6.20 Å².